The summed E-state index contributed by atoms with van der Waals surface area (Å²) < 4.78 is 39.1. The van der Waals surface area contributed by atoms with Gasteiger partial charge in [-0.15, -0.1) is 0 Å². The van der Waals surface area contributed by atoms with Gasteiger partial charge in [0.15, 0.2) is 0 Å². The fourth-order valence-corrected chi connectivity index (χ4v) is 2.75. The largest absolute Gasteiger partial charge is 0.416 e. The summed E-state index contributed by atoms with van der Waals surface area (Å²) in [6.07, 6.45) is -3.79. The average Bonchev–Trinajstić information content (AvgIpc) is 2.79. The van der Waals surface area contributed by atoms with Gasteiger partial charge in [0.2, 0.25) is 11.8 Å². The minimum Gasteiger partial charge on any atom is -0.370 e. The number of alkyl halides is 3. The van der Waals surface area contributed by atoms with Gasteiger partial charge in [-0.3, -0.25) is 9.59 Å². The summed E-state index contributed by atoms with van der Waals surface area (Å²) >= 11 is 0. The van der Waals surface area contributed by atoms with E-state index in [0.717, 1.165) is 6.07 Å². The number of benzene rings is 1. The summed E-state index contributed by atoms with van der Waals surface area (Å²) in [5, 5.41) is 0. The van der Waals surface area contributed by atoms with Gasteiger partial charge in [0.05, 0.1) is 5.56 Å². The maximum atomic E-state index is 13.0. The summed E-state index contributed by atoms with van der Waals surface area (Å²) in [5.74, 6) is -1.11. The molecule has 2 amide bonds. The van der Waals surface area contributed by atoms with Crippen molar-refractivity contribution in [1.29, 1.82) is 0 Å². The first kappa shape index (κ1) is 16.3. The second-order valence-electron chi connectivity index (χ2n) is 5.40. The molecule has 1 aliphatic rings. The highest BCUT2D eigenvalue weighted by Crippen LogP contribution is 2.38. The summed E-state index contributed by atoms with van der Waals surface area (Å²) in [5.41, 5.74) is 4.50. The Labute approximate surface area is 126 Å². The van der Waals surface area contributed by atoms with Gasteiger partial charge in [-0.05, 0) is 18.1 Å². The van der Waals surface area contributed by atoms with Crippen molar-refractivity contribution in [2.45, 2.75) is 31.4 Å². The molecule has 0 aliphatic carbocycles. The van der Waals surface area contributed by atoms with E-state index in [1.165, 1.54) is 17.0 Å². The number of rotatable bonds is 5. The Bertz CT molecular complexity index is 572. The molecule has 22 heavy (non-hydrogen) atoms. The number of carbonyl (C=O) groups excluding carboxylic acids is 2. The Hall–Kier alpha value is -2.05. The lowest BCUT2D eigenvalue weighted by molar-refractivity contribution is -0.138. The van der Waals surface area contributed by atoms with Gasteiger partial charge in [-0.2, -0.15) is 13.2 Å². The Kier molecular flexibility index (Phi) is 4.73. The number of nitrogens with zero attached hydrogens (tertiary/aromatic N) is 1. The van der Waals surface area contributed by atoms with Crippen LogP contribution in [0.5, 0.6) is 0 Å². The van der Waals surface area contributed by atoms with E-state index in [-0.39, 0.29) is 30.9 Å². The molecular weight excluding hydrogens is 297 g/mol. The third kappa shape index (κ3) is 3.78. The minimum atomic E-state index is -4.43. The number of hydrogen-bond donors (Lipinski definition) is 1. The predicted octanol–water partition coefficient (Wildman–Crippen LogP) is 2.29. The number of carbonyl (C=O) groups is 2. The van der Waals surface area contributed by atoms with Crippen molar-refractivity contribution in [1.82, 2.24) is 4.90 Å². The maximum absolute atomic E-state index is 13.0. The molecule has 2 N–H and O–H groups in total. The third-order valence-corrected chi connectivity index (χ3v) is 3.77. The topological polar surface area (TPSA) is 63.4 Å². The first-order chi connectivity index (χ1) is 10.3. The standard InChI is InChI=1S/C15H17F3N2O2/c16-15(17,18)12-5-2-1-4-11(12)10-8-14(22)20(9-10)7-3-6-13(19)21/h1-2,4-5,10H,3,6-9H2,(H2,19,21). The maximum Gasteiger partial charge on any atom is 0.416 e. The number of nitrogens with two attached hydrogens (primary N) is 1. The Morgan fingerprint density at radius 3 is 2.64 bits per heavy atom. The van der Waals surface area contributed by atoms with Crippen LogP contribution in [-0.4, -0.2) is 29.8 Å². The van der Waals surface area contributed by atoms with Gasteiger partial charge >= 0.3 is 6.18 Å². The SMILES string of the molecule is NC(=O)CCCN1CC(c2ccccc2C(F)(F)F)CC1=O. The Balaban J connectivity index is 2.09. The lowest BCUT2D eigenvalue weighted by Gasteiger charge is -2.19. The molecule has 1 heterocycles. The first-order valence-electron chi connectivity index (χ1n) is 7.01. The number of primary amides is 1. The van der Waals surface area contributed by atoms with Crippen molar-refractivity contribution in [2.75, 3.05) is 13.1 Å². The number of likely N-dealkylation sites (tertiary alicyclic amines) is 1. The average molecular weight is 314 g/mol. The van der Waals surface area contributed by atoms with Gasteiger partial charge in [0.25, 0.3) is 0 Å². The van der Waals surface area contributed by atoms with Gasteiger partial charge in [0.1, 0.15) is 0 Å². The molecule has 0 spiro atoms. The fourth-order valence-electron chi connectivity index (χ4n) is 2.75. The molecule has 7 heteroatoms. The zero-order chi connectivity index (χ0) is 16.3. The normalized spacial score (nSPS) is 18.8. The molecule has 2 rings (SSSR count). The van der Waals surface area contributed by atoms with Crippen LogP contribution < -0.4 is 5.73 Å². The molecule has 4 nitrogen and oxygen atoms in total. The molecule has 0 saturated carbocycles. The van der Waals surface area contributed by atoms with E-state index < -0.39 is 23.6 Å². The lowest BCUT2D eigenvalue weighted by Crippen LogP contribution is -2.27. The second-order valence-corrected chi connectivity index (χ2v) is 5.40. The van der Waals surface area contributed by atoms with Crippen molar-refractivity contribution in [3.63, 3.8) is 0 Å². The molecule has 0 aromatic heterocycles. The molecule has 0 bridgehead atoms. The van der Waals surface area contributed by atoms with Gasteiger partial charge in [-0.25, -0.2) is 0 Å². The summed E-state index contributed by atoms with van der Waals surface area (Å²) in [6.45, 7) is 0.581. The Morgan fingerprint density at radius 1 is 1.32 bits per heavy atom. The lowest BCUT2D eigenvalue weighted by atomic mass is 9.93. The van der Waals surface area contributed by atoms with Crippen LogP contribution in [0.1, 0.15) is 36.3 Å². The van der Waals surface area contributed by atoms with Crippen molar-refractivity contribution in [3.8, 4) is 0 Å². The van der Waals surface area contributed by atoms with Crippen molar-refractivity contribution >= 4 is 11.8 Å². The highest BCUT2D eigenvalue weighted by atomic mass is 19.4. The smallest absolute Gasteiger partial charge is 0.370 e. The van der Waals surface area contributed by atoms with Gasteiger partial charge < -0.3 is 10.6 Å². The summed E-state index contributed by atoms with van der Waals surface area (Å²) in [6, 6.07) is 5.35. The molecule has 1 aromatic rings. The summed E-state index contributed by atoms with van der Waals surface area (Å²) in [7, 11) is 0. The van der Waals surface area contributed by atoms with Crippen molar-refractivity contribution < 1.29 is 22.8 Å². The first-order valence-corrected chi connectivity index (χ1v) is 7.01. The Morgan fingerprint density at radius 2 is 2.00 bits per heavy atom. The molecule has 1 aromatic carbocycles. The highest BCUT2D eigenvalue weighted by molar-refractivity contribution is 5.80. The van der Waals surface area contributed by atoms with Gasteiger partial charge in [0, 0.05) is 31.8 Å². The van der Waals surface area contributed by atoms with E-state index in [2.05, 4.69) is 0 Å². The van der Waals surface area contributed by atoms with Crippen LogP contribution in [0.4, 0.5) is 13.2 Å². The van der Waals surface area contributed by atoms with E-state index in [4.69, 9.17) is 5.73 Å². The predicted molar refractivity (Wildman–Crippen MR) is 73.8 cm³/mol. The number of hydrogen-bond acceptors (Lipinski definition) is 2. The van der Waals surface area contributed by atoms with E-state index in [0.29, 0.717) is 13.0 Å². The van der Waals surface area contributed by atoms with Crippen LogP contribution in [0.3, 0.4) is 0 Å². The molecule has 1 aliphatic heterocycles. The molecule has 1 unspecified atom stereocenters. The van der Waals surface area contributed by atoms with Crippen LogP contribution in [0.2, 0.25) is 0 Å². The fraction of sp³-hybridized carbons (Fsp3) is 0.467. The minimum absolute atomic E-state index is 0.0592. The third-order valence-electron chi connectivity index (χ3n) is 3.77. The highest BCUT2D eigenvalue weighted by Gasteiger charge is 2.38. The summed E-state index contributed by atoms with van der Waals surface area (Å²) in [4.78, 5) is 24.1. The van der Waals surface area contributed by atoms with Gasteiger partial charge in [-0.1, -0.05) is 18.2 Å². The van der Waals surface area contributed by atoms with Crippen LogP contribution >= 0.6 is 0 Å². The second kappa shape index (κ2) is 6.37. The van der Waals surface area contributed by atoms with E-state index in [1.807, 2.05) is 0 Å². The van der Waals surface area contributed by atoms with E-state index >= 15 is 0 Å². The van der Waals surface area contributed by atoms with Crippen molar-refractivity contribution in [2.24, 2.45) is 5.73 Å². The van der Waals surface area contributed by atoms with Crippen LogP contribution in [-0.2, 0) is 15.8 Å². The molecule has 1 atom stereocenters. The van der Waals surface area contributed by atoms with E-state index in [9.17, 15) is 22.8 Å². The number of amides is 2. The molecule has 0 radical (unpaired) electrons. The zero-order valence-electron chi connectivity index (χ0n) is 11.9. The van der Waals surface area contributed by atoms with E-state index in [1.54, 1.807) is 6.07 Å². The zero-order valence-corrected chi connectivity index (χ0v) is 11.9. The van der Waals surface area contributed by atoms with Crippen LogP contribution in [0.25, 0.3) is 0 Å². The number of halogens is 3. The van der Waals surface area contributed by atoms with Crippen LogP contribution in [0.15, 0.2) is 24.3 Å². The monoisotopic (exact) mass is 314 g/mol. The van der Waals surface area contributed by atoms with Crippen LogP contribution in [0, 0.1) is 0 Å². The quantitative estimate of drug-likeness (QED) is 0.906. The molecule has 1 saturated heterocycles. The molecule has 1 fully saturated rings. The molecular formula is C15H17F3N2O2. The molecule has 120 valence electrons. The van der Waals surface area contributed by atoms with Crippen molar-refractivity contribution in [3.05, 3.63) is 35.4 Å².